The fourth-order valence-electron chi connectivity index (χ4n) is 3.18. The second kappa shape index (κ2) is 4.94. The summed E-state index contributed by atoms with van der Waals surface area (Å²) in [5.74, 6) is 0.122. The molecule has 0 aromatic carbocycles. The molecule has 2 fully saturated rings. The van der Waals surface area contributed by atoms with Crippen molar-refractivity contribution in [2.24, 2.45) is 11.1 Å². The fraction of sp³-hybridized carbons (Fsp3) is 0.923. The van der Waals surface area contributed by atoms with E-state index in [9.17, 15) is 4.79 Å². The lowest BCUT2D eigenvalue weighted by molar-refractivity contribution is -0.132. The molecule has 0 saturated heterocycles. The molecule has 4 unspecified atom stereocenters. The van der Waals surface area contributed by atoms with Gasteiger partial charge in [-0.05, 0) is 39.0 Å². The van der Waals surface area contributed by atoms with Crippen LogP contribution in [0.5, 0.6) is 0 Å². The summed E-state index contributed by atoms with van der Waals surface area (Å²) in [6.07, 6.45) is 6.31. The molecule has 0 aromatic rings. The zero-order valence-corrected chi connectivity index (χ0v) is 10.9. The first kappa shape index (κ1) is 12.8. The van der Waals surface area contributed by atoms with Crippen LogP contribution in [-0.4, -0.2) is 31.2 Å². The number of methoxy groups -OCH3 is 1. The zero-order valence-electron chi connectivity index (χ0n) is 10.9. The second-order valence-corrected chi connectivity index (χ2v) is 5.70. The predicted octanol–water partition coefficient (Wildman–Crippen LogP) is 1.19. The van der Waals surface area contributed by atoms with Crippen LogP contribution in [0.15, 0.2) is 0 Å². The van der Waals surface area contributed by atoms with E-state index in [4.69, 9.17) is 10.5 Å². The van der Waals surface area contributed by atoms with Crippen molar-refractivity contribution < 1.29 is 9.53 Å². The Balaban J connectivity index is 1.97. The van der Waals surface area contributed by atoms with E-state index < -0.39 is 0 Å². The highest BCUT2D eigenvalue weighted by molar-refractivity contribution is 5.83. The number of carbonyl (C=O) groups is 1. The molecule has 2 saturated carbocycles. The zero-order chi connectivity index (χ0) is 12.5. The average molecular weight is 240 g/mol. The van der Waals surface area contributed by atoms with Gasteiger partial charge in [0.05, 0.1) is 17.6 Å². The van der Waals surface area contributed by atoms with Gasteiger partial charge in [0, 0.05) is 13.2 Å². The maximum absolute atomic E-state index is 12.3. The lowest BCUT2D eigenvalue weighted by atomic mass is 9.84. The molecule has 2 aliphatic carbocycles. The summed E-state index contributed by atoms with van der Waals surface area (Å²) in [6.45, 7) is 2.00. The molecule has 17 heavy (non-hydrogen) atoms. The van der Waals surface area contributed by atoms with Gasteiger partial charge in [-0.2, -0.15) is 0 Å². The fourth-order valence-corrected chi connectivity index (χ4v) is 3.18. The molecule has 0 spiro atoms. The number of carbonyl (C=O) groups excluding carboxylic acids is 1. The summed E-state index contributed by atoms with van der Waals surface area (Å²) < 4.78 is 5.40. The van der Waals surface area contributed by atoms with Crippen LogP contribution in [0, 0.1) is 5.41 Å². The molecule has 0 aromatic heterocycles. The highest BCUT2D eigenvalue weighted by Gasteiger charge is 2.44. The molecule has 2 rings (SSSR count). The Morgan fingerprint density at radius 1 is 1.35 bits per heavy atom. The minimum Gasteiger partial charge on any atom is -0.379 e. The Labute approximate surface area is 103 Å². The summed E-state index contributed by atoms with van der Waals surface area (Å²) in [7, 11) is 1.72. The predicted molar refractivity (Wildman–Crippen MR) is 66.5 cm³/mol. The second-order valence-electron chi connectivity index (χ2n) is 5.70. The number of hydrogen-bond donors (Lipinski definition) is 2. The minimum absolute atomic E-state index is 0.00454. The van der Waals surface area contributed by atoms with E-state index in [1.165, 1.54) is 0 Å². The van der Waals surface area contributed by atoms with Gasteiger partial charge in [0.1, 0.15) is 0 Å². The first-order chi connectivity index (χ1) is 8.08. The van der Waals surface area contributed by atoms with Crippen molar-refractivity contribution in [1.29, 1.82) is 0 Å². The van der Waals surface area contributed by atoms with Gasteiger partial charge in [-0.3, -0.25) is 4.79 Å². The smallest absolute Gasteiger partial charge is 0.227 e. The van der Waals surface area contributed by atoms with Crippen molar-refractivity contribution in [2.45, 2.75) is 63.6 Å². The van der Waals surface area contributed by atoms with Crippen molar-refractivity contribution in [1.82, 2.24) is 5.32 Å². The Morgan fingerprint density at radius 3 is 2.71 bits per heavy atom. The van der Waals surface area contributed by atoms with Gasteiger partial charge in [0.25, 0.3) is 0 Å². The lowest BCUT2D eigenvalue weighted by Gasteiger charge is -2.30. The molecule has 4 nitrogen and oxygen atoms in total. The van der Waals surface area contributed by atoms with Crippen LogP contribution in [0.25, 0.3) is 0 Å². The number of rotatable bonds is 3. The van der Waals surface area contributed by atoms with Crippen LogP contribution in [-0.2, 0) is 9.53 Å². The number of nitrogens with two attached hydrogens (primary N) is 1. The first-order valence-corrected chi connectivity index (χ1v) is 6.67. The van der Waals surface area contributed by atoms with E-state index in [0.29, 0.717) is 0 Å². The topological polar surface area (TPSA) is 64.3 Å². The van der Waals surface area contributed by atoms with Crippen LogP contribution < -0.4 is 11.1 Å². The lowest BCUT2D eigenvalue weighted by Crippen LogP contribution is -2.52. The maximum Gasteiger partial charge on any atom is 0.227 e. The first-order valence-electron chi connectivity index (χ1n) is 6.67. The quantitative estimate of drug-likeness (QED) is 0.779. The SMILES string of the molecule is COC1CCCC1NC(=O)C1(C)CCCC1N. The molecule has 4 heteroatoms. The van der Waals surface area contributed by atoms with E-state index in [0.717, 1.165) is 38.5 Å². The summed E-state index contributed by atoms with van der Waals surface area (Å²) in [5.41, 5.74) is 5.69. The van der Waals surface area contributed by atoms with Crippen LogP contribution in [0.1, 0.15) is 45.4 Å². The number of nitrogens with one attached hydrogen (secondary N) is 1. The van der Waals surface area contributed by atoms with Crippen molar-refractivity contribution >= 4 is 5.91 Å². The highest BCUT2D eigenvalue weighted by atomic mass is 16.5. The number of hydrogen-bond acceptors (Lipinski definition) is 3. The third-order valence-corrected chi connectivity index (χ3v) is 4.62. The van der Waals surface area contributed by atoms with E-state index in [1.807, 2.05) is 6.92 Å². The van der Waals surface area contributed by atoms with Crippen molar-refractivity contribution in [2.75, 3.05) is 7.11 Å². The summed E-state index contributed by atoms with van der Waals surface area (Å²) in [5, 5.41) is 3.15. The van der Waals surface area contributed by atoms with Gasteiger partial charge in [-0.1, -0.05) is 6.42 Å². The summed E-state index contributed by atoms with van der Waals surface area (Å²) in [4.78, 5) is 12.3. The monoisotopic (exact) mass is 240 g/mol. The molecular weight excluding hydrogens is 216 g/mol. The molecule has 0 bridgehead atoms. The van der Waals surface area contributed by atoms with Gasteiger partial charge < -0.3 is 15.8 Å². The molecule has 98 valence electrons. The Morgan fingerprint density at radius 2 is 2.12 bits per heavy atom. The standard InChI is InChI=1S/C13H24N2O2/c1-13(8-4-7-11(13)14)12(16)15-9-5-3-6-10(9)17-2/h9-11H,3-8,14H2,1-2H3,(H,15,16). The van der Waals surface area contributed by atoms with E-state index in [-0.39, 0.29) is 29.5 Å². The van der Waals surface area contributed by atoms with Gasteiger partial charge in [0.15, 0.2) is 0 Å². The van der Waals surface area contributed by atoms with E-state index in [2.05, 4.69) is 5.32 Å². The van der Waals surface area contributed by atoms with Gasteiger partial charge >= 0.3 is 0 Å². The molecule has 3 N–H and O–H groups in total. The Kier molecular flexibility index (Phi) is 3.73. The molecule has 4 atom stereocenters. The van der Waals surface area contributed by atoms with Crippen LogP contribution >= 0.6 is 0 Å². The molecule has 1 amide bonds. The number of ether oxygens (including phenoxy) is 1. The summed E-state index contributed by atoms with van der Waals surface area (Å²) in [6, 6.07) is 0.182. The molecular formula is C13H24N2O2. The van der Waals surface area contributed by atoms with Crippen molar-refractivity contribution in [3.05, 3.63) is 0 Å². The maximum atomic E-state index is 12.3. The van der Waals surface area contributed by atoms with Crippen LogP contribution in [0.4, 0.5) is 0 Å². The van der Waals surface area contributed by atoms with Gasteiger partial charge in [0.2, 0.25) is 5.91 Å². The average Bonchev–Trinajstić information content (AvgIpc) is 2.87. The normalized spacial score (nSPS) is 41.7. The molecule has 0 heterocycles. The third kappa shape index (κ3) is 2.33. The van der Waals surface area contributed by atoms with E-state index >= 15 is 0 Å². The van der Waals surface area contributed by atoms with Crippen molar-refractivity contribution in [3.63, 3.8) is 0 Å². The Hall–Kier alpha value is -0.610. The van der Waals surface area contributed by atoms with Gasteiger partial charge in [-0.15, -0.1) is 0 Å². The molecule has 2 aliphatic rings. The Bertz CT molecular complexity index is 295. The highest BCUT2D eigenvalue weighted by Crippen LogP contribution is 2.37. The molecule has 0 aliphatic heterocycles. The van der Waals surface area contributed by atoms with Crippen molar-refractivity contribution in [3.8, 4) is 0 Å². The van der Waals surface area contributed by atoms with Crippen LogP contribution in [0.3, 0.4) is 0 Å². The third-order valence-electron chi connectivity index (χ3n) is 4.62. The van der Waals surface area contributed by atoms with Gasteiger partial charge in [-0.25, -0.2) is 0 Å². The molecule has 0 radical (unpaired) electrons. The number of amides is 1. The van der Waals surface area contributed by atoms with E-state index in [1.54, 1.807) is 7.11 Å². The largest absolute Gasteiger partial charge is 0.379 e. The van der Waals surface area contributed by atoms with Crippen LogP contribution in [0.2, 0.25) is 0 Å². The minimum atomic E-state index is -0.374. The summed E-state index contributed by atoms with van der Waals surface area (Å²) >= 11 is 0.